The molecule has 0 amide bonds. The Bertz CT molecular complexity index is 633. The van der Waals surface area contributed by atoms with Gasteiger partial charge in [0.05, 0.1) is 23.5 Å². The molecule has 0 aliphatic carbocycles. The minimum absolute atomic E-state index is 0.337. The summed E-state index contributed by atoms with van der Waals surface area (Å²) in [5, 5.41) is 4.25. The predicted molar refractivity (Wildman–Crippen MR) is 82.7 cm³/mol. The summed E-state index contributed by atoms with van der Waals surface area (Å²) < 4.78 is 6.81. The molecule has 0 bridgehead atoms. The van der Waals surface area contributed by atoms with E-state index in [4.69, 9.17) is 4.74 Å². The van der Waals surface area contributed by atoms with Gasteiger partial charge in [0.15, 0.2) is 0 Å². The Labute approximate surface area is 124 Å². The van der Waals surface area contributed by atoms with Crippen LogP contribution in [0.4, 0.5) is 5.69 Å². The van der Waals surface area contributed by atoms with Gasteiger partial charge in [-0.1, -0.05) is 13.3 Å². The summed E-state index contributed by atoms with van der Waals surface area (Å²) in [6.45, 7) is 7.83. The van der Waals surface area contributed by atoms with Crippen LogP contribution < -0.4 is 0 Å². The fraction of sp³-hybridized carbons (Fsp3) is 0.312. The third kappa shape index (κ3) is 3.18. The van der Waals surface area contributed by atoms with Crippen LogP contribution in [0.3, 0.4) is 0 Å². The normalized spacial score (nSPS) is 10.4. The lowest BCUT2D eigenvalue weighted by atomic mass is 10.0. The Hall–Kier alpha value is -2.43. The van der Waals surface area contributed by atoms with Crippen LogP contribution in [-0.2, 0) is 11.2 Å². The SMILES string of the molecule is C=Nc1cc(C(=O)OCC)cc(-n2cccn2)c1CCC. The maximum atomic E-state index is 12.0. The van der Waals surface area contributed by atoms with E-state index in [2.05, 4.69) is 23.7 Å². The van der Waals surface area contributed by atoms with Crippen molar-refractivity contribution in [3.05, 3.63) is 41.7 Å². The van der Waals surface area contributed by atoms with Gasteiger partial charge in [0, 0.05) is 18.0 Å². The quantitative estimate of drug-likeness (QED) is 0.604. The molecule has 21 heavy (non-hydrogen) atoms. The second-order valence-electron chi connectivity index (χ2n) is 4.57. The highest BCUT2D eigenvalue weighted by Gasteiger charge is 2.16. The first-order valence-corrected chi connectivity index (χ1v) is 7.02. The average molecular weight is 285 g/mol. The van der Waals surface area contributed by atoms with E-state index in [0.717, 1.165) is 24.1 Å². The lowest BCUT2D eigenvalue weighted by Crippen LogP contribution is -2.08. The Morgan fingerprint density at radius 1 is 1.43 bits per heavy atom. The highest BCUT2D eigenvalue weighted by molar-refractivity contribution is 5.92. The molecule has 0 spiro atoms. The first-order chi connectivity index (χ1) is 10.2. The predicted octanol–water partition coefficient (Wildman–Crippen LogP) is 3.33. The Morgan fingerprint density at radius 3 is 2.81 bits per heavy atom. The summed E-state index contributed by atoms with van der Waals surface area (Å²) in [4.78, 5) is 16.1. The first-order valence-electron chi connectivity index (χ1n) is 7.02. The van der Waals surface area contributed by atoms with Gasteiger partial charge in [-0.15, -0.1) is 0 Å². The van der Waals surface area contributed by atoms with E-state index >= 15 is 0 Å². The molecule has 0 aliphatic rings. The van der Waals surface area contributed by atoms with Crippen molar-refractivity contribution in [3.8, 4) is 5.69 Å². The van der Waals surface area contributed by atoms with Crippen LogP contribution in [0, 0.1) is 0 Å². The van der Waals surface area contributed by atoms with E-state index in [1.54, 1.807) is 29.9 Å². The van der Waals surface area contributed by atoms with Crippen LogP contribution in [0.25, 0.3) is 5.69 Å². The molecule has 1 aromatic carbocycles. The fourth-order valence-corrected chi connectivity index (χ4v) is 2.24. The zero-order valence-corrected chi connectivity index (χ0v) is 12.4. The summed E-state index contributed by atoms with van der Waals surface area (Å²) in [5.41, 5.74) is 3.04. The molecule has 0 fully saturated rings. The van der Waals surface area contributed by atoms with Crippen LogP contribution in [0.2, 0.25) is 0 Å². The highest BCUT2D eigenvalue weighted by atomic mass is 16.5. The van der Waals surface area contributed by atoms with Crippen LogP contribution in [-0.4, -0.2) is 29.1 Å². The second kappa shape index (κ2) is 6.83. The molecule has 0 unspecified atom stereocenters. The molecule has 0 N–H and O–H groups in total. The Balaban J connectivity index is 2.60. The maximum absolute atomic E-state index is 12.0. The molecule has 0 saturated carbocycles. The number of carbonyl (C=O) groups is 1. The molecule has 0 aliphatic heterocycles. The molecule has 1 aromatic heterocycles. The van der Waals surface area contributed by atoms with Gasteiger partial charge in [0.25, 0.3) is 0 Å². The molecule has 1 heterocycles. The number of hydrogen-bond acceptors (Lipinski definition) is 4. The Morgan fingerprint density at radius 2 is 2.24 bits per heavy atom. The summed E-state index contributed by atoms with van der Waals surface area (Å²) >= 11 is 0. The number of nitrogens with zero attached hydrogens (tertiary/aromatic N) is 3. The number of carbonyl (C=O) groups excluding carboxylic acids is 1. The van der Waals surface area contributed by atoms with Crippen molar-refractivity contribution in [2.24, 2.45) is 4.99 Å². The number of hydrogen-bond donors (Lipinski definition) is 0. The summed E-state index contributed by atoms with van der Waals surface area (Å²) in [6, 6.07) is 5.36. The number of aliphatic imine (C=N–C) groups is 1. The van der Waals surface area contributed by atoms with E-state index in [0.29, 0.717) is 17.9 Å². The van der Waals surface area contributed by atoms with Gasteiger partial charge >= 0.3 is 5.97 Å². The first kappa shape index (κ1) is 15.0. The van der Waals surface area contributed by atoms with Gasteiger partial charge in [0.1, 0.15) is 0 Å². The molecule has 0 atom stereocenters. The topological polar surface area (TPSA) is 56.5 Å². The zero-order valence-electron chi connectivity index (χ0n) is 12.4. The third-order valence-corrected chi connectivity index (χ3v) is 3.14. The maximum Gasteiger partial charge on any atom is 0.338 e. The van der Waals surface area contributed by atoms with E-state index in [1.165, 1.54) is 0 Å². The molecule has 110 valence electrons. The van der Waals surface area contributed by atoms with Gasteiger partial charge in [-0.2, -0.15) is 5.10 Å². The van der Waals surface area contributed by atoms with Crippen molar-refractivity contribution in [1.82, 2.24) is 9.78 Å². The number of ether oxygens (including phenoxy) is 1. The Kier molecular flexibility index (Phi) is 4.87. The van der Waals surface area contributed by atoms with Crippen molar-refractivity contribution in [1.29, 1.82) is 0 Å². The molecular weight excluding hydrogens is 266 g/mol. The molecule has 2 aromatic rings. The van der Waals surface area contributed by atoms with Crippen molar-refractivity contribution in [3.63, 3.8) is 0 Å². The van der Waals surface area contributed by atoms with Crippen LogP contribution in [0.15, 0.2) is 35.6 Å². The van der Waals surface area contributed by atoms with Crippen LogP contribution in [0.1, 0.15) is 36.2 Å². The molecule has 0 saturated heterocycles. The van der Waals surface area contributed by atoms with Gasteiger partial charge in [-0.05, 0) is 38.3 Å². The fourth-order valence-electron chi connectivity index (χ4n) is 2.24. The monoisotopic (exact) mass is 285 g/mol. The van der Waals surface area contributed by atoms with Crippen molar-refractivity contribution >= 4 is 18.4 Å². The lowest BCUT2D eigenvalue weighted by Gasteiger charge is -2.14. The number of benzene rings is 1. The standard InChI is InChI=1S/C16H19N3O2/c1-4-7-13-14(17-3)10-12(16(20)21-5-2)11-15(13)19-9-6-8-18-19/h6,8-11H,3-5,7H2,1-2H3. The summed E-state index contributed by atoms with van der Waals surface area (Å²) in [6.07, 6.45) is 5.35. The highest BCUT2D eigenvalue weighted by Crippen LogP contribution is 2.29. The van der Waals surface area contributed by atoms with E-state index in [9.17, 15) is 4.79 Å². The van der Waals surface area contributed by atoms with Gasteiger partial charge in [-0.25, -0.2) is 9.48 Å². The smallest absolute Gasteiger partial charge is 0.338 e. The zero-order chi connectivity index (χ0) is 15.2. The summed E-state index contributed by atoms with van der Waals surface area (Å²) in [5.74, 6) is -0.362. The number of aromatic nitrogens is 2. The molecule has 5 nitrogen and oxygen atoms in total. The van der Waals surface area contributed by atoms with Gasteiger partial charge in [-0.3, -0.25) is 4.99 Å². The number of rotatable bonds is 6. The van der Waals surface area contributed by atoms with Gasteiger partial charge in [0.2, 0.25) is 0 Å². The molecule has 2 rings (SSSR count). The molecular formula is C16H19N3O2. The van der Waals surface area contributed by atoms with Gasteiger partial charge < -0.3 is 4.74 Å². The van der Waals surface area contributed by atoms with Crippen molar-refractivity contribution in [2.45, 2.75) is 26.7 Å². The minimum Gasteiger partial charge on any atom is -0.462 e. The van der Waals surface area contributed by atoms with Crippen molar-refractivity contribution in [2.75, 3.05) is 6.61 Å². The molecule has 5 heteroatoms. The largest absolute Gasteiger partial charge is 0.462 e. The number of esters is 1. The summed E-state index contributed by atoms with van der Waals surface area (Å²) in [7, 11) is 0. The third-order valence-electron chi connectivity index (χ3n) is 3.14. The second-order valence-corrected chi connectivity index (χ2v) is 4.57. The minimum atomic E-state index is -0.362. The molecule has 0 radical (unpaired) electrons. The van der Waals surface area contributed by atoms with Crippen LogP contribution in [0.5, 0.6) is 0 Å². The van der Waals surface area contributed by atoms with Crippen LogP contribution >= 0.6 is 0 Å². The van der Waals surface area contributed by atoms with E-state index in [-0.39, 0.29) is 5.97 Å². The van der Waals surface area contributed by atoms with Crippen molar-refractivity contribution < 1.29 is 9.53 Å². The van der Waals surface area contributed by atoms with E-state index < -0.39 is 0 Å². The van der Waals surface area contributed by atoms with E-state index in [1.807, 2.05) is 12.3 Å². The lowest BCUT2D eigenvalue weighted by molar-refractivity contribution is 0.0526. The average Bonchev–Trinajstić information content (AvgIpc) is 3.02.